The molecule has 0 spiro atoms. The third kappa shape index (κ3) is 3.55. The van der Waals surface area contributed by atoms with Gasteiger partial charge in [0, 0.05) is 19.3 Å². The normalized spacial score (nSPS) is 21.7. The maximum atomic E-state index is 12.5. The quantitative estimate of drug-likeness (QED) is 0.769. The average molecular weight is 360 g/mol. The summed E-state index contributed by atoms with van der Waals surface area (Å²) in [5, 5.41) is 13.0. The van der Waals surface area contributed by atoms with Crippen LogP contribution in [0.15, 0.2) is 24.4 Å². The number of pyridine rings is 1. The minimum atomic E-state index is -0.975. The lowest BCUT2D eigenvalue weighted by molar-refractivity contribution is -0.139. The van der Waals surface area contributed by atoms with E-state index in [4.69, 9.17) is 0 Å². The van der Waals surface area contributed by atoms with Gasteiger partial charge in [0.05, 0.1) is 11.8 Å². The van der Waals surface area contributed by atoms with Crippen LogP contribution in [0.2, 0.25) is 0 Å². The van der Waals surface area contributed by atoms with Gasteiger partial charge in [-0.2, -0.15) is 0 Å². The predicted molar refractivity (Wildman–Crippen MR) is 92.8 cm³/mol. The second-order valence-corrected chi connectivity index (χ2v) is 7.36. The zero-order valence-electron chi connectivity index (χ0n) is 15.0. The summed E-state index contributed by atoms with van der Waals surface area (Å²) >= 11 is 0. The summed E-state index contributed by atoms with van der Waals surface area (Å²) in [6.07, 6.45) is 2.29. The van der Waals surface area contributed by atoms with Crippen molar-refractivity contribution in [2.45, 2.75) is 38.3 Å². The number of carbonyl (C=O) groups is 3. The molecule has 1 aromatic rings. The highest BCUT2D eigenvalue weighted by atomic mass is 16.3. The van der Waals surface area contributed by atoms with Crippen LogP contribution in [0, 0.1) is 5.92 Å². The molecule has 3 heterocycles. The van der Waals surface area contributed by atoms with Gasteiger partial charge >= 0.3 is 6.03 Å². The Hall–Kier alpha value is -2.48. The van der Waals surface area contributed by atoms with E-state index in [2.05, 4.69) is 10.3 Å². The van der Waals surface area contributed by atoms with Gasteiger partial charge in [0.25, 0.3) is 5.91 Å². The van der Waals surface area contributed by atoms with Crippen molar-refractivity contribution in [2.75, 3.05) is 19.6 Å². The van der Waals surface area contributed by atoms with Gasteiger partial charge < -0.3 is 15.3 Å². The predicted octanol–water partition coefficient (Wildman–Crippen LogP) is 0.684. The number of aliphatic hydroxyl groups excluding tert-OH is 1. The Labute approximate surface area is 152 Å². The summed E-state index contributed by atoms with van der Waals surface area (Å²) in [6, 6.07) is 4.90. The summed E-state index contributed by atoms with van der Waals surface area (Å²) in [5.74, 6) is -0.613. The molecule has 8 nitrogen and oxygen atoms in total. The Kier molecular flexibility index (Phi) is 4.95. The molecular weight excluding hydrogens is 336 g/mol. The maximum Gasteiger partial charge on any atom is 0.325 e. The largest absolute Gasteiger partial charge is 0.387 e. The van der Waals surface area contributed by atoms with E-state index in [-0.39, 0.29) is 18.4 Å². The fourth-order valence-electron chi connectivity index (χ4n) is 3.45. The number of aliphatic hydroxyl groups is 1. The van der Waals surface area contributed by atoms with Gasteiger partial charge in [-0.15, -0.1) is 0 Å². The number of amides is 4. The van der Waals surface area contributed by atoms with Gasteiger partial charge in [0.15, 0.2) is 0 Å². The molecule has 2 fully saturated rings. The molecule has 0 aromatic carbocycles. The summed E-state index contributed by atoms with van der Waals surface area (Å²) in [4.78, 5) is 43.4. The van der Waals surface area contributed by atoms with Crippen LogP contribution < -0.4 is 5.32 Å². The Morgan fingerprint density at radius 3 is 2.58 bits per heavy atom. The minimum Gasteiger partial charge on any atom is -0.387 e. The lowest BCUT2D eigenvalue weighted by Gasteiger charge is -2.34. The minimum absolute atomic E-state index is 0.0320. The van der Waals surface area contributed by atoms with E-state index < -0.39 is 23.6 Å². The molecule has 2 aliphatic heterocycles. The number of nitrogens with one attached hydrogen (secondary N) is 1. The van der Waals surface area contributed by atoms with Gasteiger partial charge in [0.1, 0.15) is 12.1 Å². The molecule has 4 amide bonds. The van der Waals surface area contributed by atoms with Gasteiger partial charge in [-0.1, -0.05) is 6.07 Å². The van der Waals surface area contributed by atoms with Crippen molar-refractivity contribution < 1.29 is 19.5 Å². The number of nitrogens with zero attached hydrogens (tertiary/aromatic N) is 3. The molecule has 2 N–H and O–H groups in total. The molecule has 0 bridgehead atoms. The van der Waals surface area contributed by atoms with Crippen LogP contribution in [-0.2, 0) is 9.59 Å². The van der Waals surface area contributed by atoms with Crippen LogP contribution >= 0.6 is 0 Å². The Morgan fingerprint density at radius 1 is 1.35 bits per heavy atom. The highest BCUT2D eigenvalue weighted by molar-refractivity contribution is 6.08. The van der Waals surface area contributed by atoms with Crippen molar-refractivity contribution >= 4 is 17.8 Å². The summed E-state index contributed by atoms with van der Waals surface area (Å²) < 4.78 is 0. The number of aromatic nitrogens is 1. The van der Waals surface area contributed by atoms with Gasteiger partial charge in [-0.05, 0) is 44.7 Å². The number of hydrogen-bond donors (Lipinski definition) is 2. The molecule has 0 radical (unpaired) electrons. The Morgan fingerprint density at radius 2 is 2.04 bits per heavy atom. The number of likely N-dealkylation sites (tertiary alicyclic amines) is 1. The smallest absolute Gasteiger partial charge is 0.325 e. The first-order valence-corrected chi connectivity index (χ1v) is 8.80. The molecule has 8 heteroatoms. The average Bonchev–Trinajstić information content (AvgIpc) is 2.83. The number of piperidine rings is 1. The lowest BCUT2D eigenvalue weighted by atomic mass is 9.89. The summed E-state index contributed by atoms with van der Waals surface area (Å²) in [7, 11) is 0. The SMILES string of the molecule is CC1(C)NC(=O)N(CC(=O)N2CCC([C@@H](O)c3ccccn3)CC2)C1=O. The first-order valence-electron chi connectivity index (χ1n) is 8.80. The maximum absolute atomic E-state index is 12.5. The number of imide groups is 1. The fourth-order valence-corrected chi connectivity index (χ4v) is 3.45. The van der Waals surface area contributed by atoms with Crippen molar-refractivity contribution in [1.82, 2.24) is 20.1 Å². The number of carbonyl (C=O) groups excluding carboxylic acids is 3. The molecular formula is C18H24N4O4. The van der Waals surface area contributed by atoms with Crippen molar-refractivity contribution in [3.8, 4) is 0 Å². The monoisotopic (exact) mass is 360 g/mol. The molecule has 1 aromatic heterocycles. The molecule has 0 saturated carbocycles. The topological polar surface area (TPSA) is 103 Å². The van der Waals surface area contributed by atoms with E-state index in [1.54, 1.807) is 37.1 Å². The number of urea groups is 1. The highest BCUT2D eigenvalue weighted by Gasteiger charge is 2.45. The van der Waals surface area contributed by atoms with Crippen LogP contribution in [0.3, 0.4) is 0 Å². The summed E-state index contributed by atoms with van der Waals surface area (Å²) in [5.41, 5.74) is -0.337. The van der Waals surface area contributed by atoms with Gasteiger partial charge in [0.2, 0.25) is 5.91 Å². The van der Waals surface area contributed by atoms with Gasteiger partial charge in [-0.25, -0.2) is 4.79 Å². The zero-order chi connectivity index (χ0) is 18.9. The molecule has 140 valence electrons. The van der Waals surface area contributed by atoms with Crippen LogP contribution in [-0.4, -0.2) is 62.9 Å². The van der Waals surface area contributed by atoms with E-state index >= 15 is 0 Å². The van der Waals surface area contributed by atoms with E-state index in [0.29, 0.717) is 31.6 Å². The third-order valence-corrected chi connectivity index (χ3v) is 5.07. The van der Waals surface area contributed by atoms with E-state index in [1.165, 1.54) is 0 Å². The van der Waals surface area contributed by atoms with Gasteiger partial charge in [-0.3, -0.25) is 19.5 Å². The van der Waals surface area contributed by atoms with E-state index in [9.17, 15) is 19.5 Å². The van der Waals surface area contributed by atoms with Crippen molar-refractivity contribution in [1.29, 1.82) is 0 Å². The van der Waals surface area contributed by atoms with E-state index in [0.717, 1.165) is 4.90 Å². The second kappa shape index (κ2) is 7.03. The lowest BCUT2D eigenvalue weighted by Crippen LogP contribution is -2.47. The summed E-state index contributed by atoms with van der Waals surface area (Å²) in [6.45, 7) is 3.95. The first kappa shape index (κ1) is 18.3. The second-order valence-electron chi connectivity index (χ2n) is 7.36. The molecule has 0 aliphatic carbocycles. The number of rotatable bonds is 4. The number of hydrogen-bond acceptors (Lipinski definition) is 5. The third-order valence-electron chi connectivity index (χ3n) is 5.07. The van der Waals surface area contributed by atoms with Crippen molar-refractivity contribution in [2.24, 2.45) is 5.92 Å². The standard InChI is InChI=1S/C18H24N4O4/c1-18(2)16(25)22(17(26)20-18)11-14(23)21-9-6-12(7-10-21)15(24)13-5-3-4-8-19-13/h3-5,8,12,15,24H,6-7,9-11H2,1-2H3,(H,20,26)/t15-/m1/s1. The van der Waals surface area contributed by atoms with Crippen molar-refractivity contribution in [3.05, 3.63) is 30.1 Å². The Balaban J connectivity index is 1.54. The molecule has 26 heavy (non-hydrogen) atoms. The zero-order valence-corrected chi connectivity index (χ0v) is 15.0. The highest BCUT2D eigenvalue weighted by Crippen LogP contribution is 2.29. The van der Waals surface area contributed by atoms with E-state index in [1.807, 2.05) is 6.07 Å². The van der Waals surface area contributed by atoms with Crippen LogP contribution in [0.4, 0.5) is 4.79 Å². The molecule has 2 aliphatic rings. The molecule has 2 saturated heterocycles. The molecule has 1 atom stereocenters. The van der Waals surface area contributed by atoms with Crippen molar-refractivity contribution in [3.63, 3.8) is 0 Å². The Bertz CT molecular complexity index is 698. The fraction of sp³-hybridized carbons (Fsp3) is 0.556. The molecule has 3 rings (SSSR count). The van der Waals surface area contributed by atoms with Crippen LogP contribution in [0.25, 0.3) is 0 Å². The molecule has 0 unspecified atom stereocenters. The van der Waals surface area contributed by atoms with Crippen LogP contribution in [0.5, 0.6) is 0 Å². The first-order chi connectivity index (χ1) is 12.3. The van der Waals surface area contributed by atoms with Crippen LogP contribution in [0.1, 0.15) is 38.5 Å².